The van der Waals surface area contributed by atoms with E-state index in [1.807, 2.05) is 0 Å². The average molecular weight is 344 g/mol. The molecular weight excluding hydrogens is 310 g/mol. The normalized spacial score (nSPS) is 24.4. The number of amides is 1. The Hall–Kier alpha value is -1.39. The zero-order chi connectivity index (χ0) is 17.5. The van der Waals surface area contributed by atoms with Gasteiger partial charge < -0.3 is 15.5 Å². The van der Waals surface area contributed by atoms with Crippen LogP contribution >= 0.6 is 0 Å². The SMILES string of the molecule is CCc1ccc(CCN2CCCC(CNC(=O)C3CCCN3)C2)cc1. The molecule has 0 saturated carbocycles. The third-order valence-electron chi connectivity index (χ3n) is 5.69. The lowest BCUT2D eigenvalue weighted by Gasteiger charge is -2.33. The maximum atomic E-state index is 12.1. The van der Waals surface area contributed by atoms with Crippen molar-refractivity contribution in [2.75, 3.05) is 32.7 Å². The summed E-state index contributed by atoms with van der Waals surface area (Å²) >= 11 is 0. The molecule has 2 aliphatic rings. The van der Waals surface area contributed by atoms with Crippen LogP contribution in [0.25, 0.3) is 0 Å². The Morgan fingerprint density at radius 1 is 1.20 bits per heavy atom. The molecule has 1 aromatic rings. The van der Waals surface area contributed by atoms with Crippen LogP contribution in [0.2, 0.25) is 0 Å². The molecule has 2 fully saturated rings. The highest BCUT2D eigenvalue weighted by Gasteiger charge is 2.24. The smallest absolute Gasteiger partial charge is 0.237 e. The van der Waals surface area contributed by atoms with Gasteiger partial charge in [-0.3, -0.25) is 4.79 Å². The van der Waals surface area contributed by atoms with E-state index in [0.29, 0.717) is 5.92 Å². The molecular formula is C21H33N3O. The van der Waals surface area contributed by atoms with Crippen LogP contribution in [0.15, 0.2) is 24.3 Å². The van der Waals surface area contributed by atoms with E-state index in [2.05, 4.69) is 46.7 Å². The van der Waals surface area contributed by atoms with Gasteiger partial charge in [0.2, 0.25) is 5.91 Å². The lowest BCUT2D eigenvalue weighted by atomic mass is 9.97. The molecule has 2 unspecified atom stereocenters. The van der Waals surface area contributed by atoms with Crippen molar-refractivity contribution in [3.63, 3.8) is 0 Å². The minimum absolute atomic E-state index is 0.0470. The number of likely N-dealkylation sites (tertiary alicyclic amines) is 1. The van der Waals surface area contributed by atoms with Crippen molar-refractivity contribution in [2.24, 2.45) is 5.92 Å². The number of piperidine rings is 1. The van der Waals surface area contributed by atoms with Crippen LogP contribution in [0.5, 0.6) is 0 Å². The van der Waals surface area contributed by atoms with E-state index in [1.165, 1.54) is 30.5 Å². The van der Waals surface area contributed by atoms with Crippen molar-refractivity contribution in [1.29, 1.82) is 0 Å². The zero-order valence-corrected chi connectivity index (χ0v) is 15.6. The van der Waals surface area contributed by atoms with Gasteiger partial charge in [-0.05, 0) is 68.7 Å². The number of benzene rings is 1. The van der Waals surface area contributed by atoms with Crippen LogP contribution in [-0.4, -0.2) is 49.6 Å². The fourth-order valence-corrected chi connectivity index (χ4v) is 4.03. The molecule has 2 N–H and O–H groups in total. The maximum Gasteiger partial charge on any atom is 0.237 e. The summed E-state index contributed by atoms with van der Waals surface area (Å²) in [6.45, 7) is 7.45. The first kappa shape index (κ1) is 18.4. The minimum Gasteiger partial charge on any atom is -0.354 e. The summed E-state index contributed by atoms with van der Waals surface area (Å²) in [5.41, 5.74) is 2.84. The van der Waals surface area contributed by atoms with E-state index in [9.17, 15) is 4.79 Å². The minimum atomic E-state index is 0.0470. The van der Waals surface area contributed by atoms with Gasteiger partial charge in [0.05, 0.1) is 6.04 Å². The van der Waals surface area contributed by atoms with Crippen LogP contribution in [0.3, 0.4) is 0 Å². The summed E-state index contributed by atoms with van der Waals surface area (Å²) in [5, 5.41) is 6.45. The molecule has 0 bridgehead atoms. The Balaban J connectivity index is 1.39. The fourth-order valence-electron chi connectivity index (χ4n) is 4.03. The molecule has 0 aliphatic carbocycles. The summed E-state index contributed by atoms with van der Waals surface area (Å²) in [7, 11) is 0. The highest BCUT2D eigenvalue weighted by Crippen LogP contribution is 2.17. The quantitative estimate of drug-likeness (QED) is 0.799. The van der Waals surface area contributed by atoms with E-state index >= 15 is 0 Å². The third kappa shape index (κ3) is 5.55. The Labute approximate surface area is 152 Å². The topological polar surface area (TPSA) is 44.4 Å². The summed E-state index contributed by atoms with van der Waals surface area (Å²) in [6.07, 6.45) is 6.82. The predicted molar refractivity (Wildman–Crippen MR) is 103 cm³/mol. The van der Waals surface area contributed by atoms with Gasteiger partial charge >= 0.3 is 0 Å². The van der Waals surface area contributed by atoms with Crippen molar-refractivity contribution in [3.05, 3.63) is 35.4 Å². The van der Waals surface area contributed by atoms with Gasteiger partial charge in [-0.25, -0.2) is 0 Å². The first-order valence-electron chi connectivity index (χ1n) is 10.1. The maximum absolute atomic E-state index is 12.1. The molecule has 2 aliphatic heterocycles. The molecule has 3 rings (SSSR count). The Morgan fingerprint density at radius 3 is 2.72 bits per heavy atom. The fraction of sp³-hybridized carbons (Fsp3) is 0.667. The monoisotopic (exact) mass is 343 g/mol. The first-order valence-corrected chi connectivity index (χ1v) is 10.1. The van der Waals surface area contributed by atoms with Crippen LogP contribution < -0.4 is 10.6 Å². The van der Waals surface area contributed by atoms with Crippen molar-refractivity contribution >= 4 is 5.91 Å². The summed E-state index contributed by atoms with van der Waals surface area (Å²) in [5.74, 6) is 0.798. The Morgan fingerprint density at radius 2 is 2.00 bits per heavy atom. The molecule has 0 spiro atoms. The van der Waals surface area contributed by atoms with E-state index in [-0.39, 0.29) is 11.9 Å². The van der Waals surface area contributed by atoms with E-state index in [1.54, 1.807) is 0 Å². The van der Waals surface area contributed by atoms with Crippen molar-refractivity contribution in [3.8, 4) is 0 Å². The average Bonchev–Trinajstić information content (AvgIpc) is 3.20. The number of carbonyl (C=O) groups is 1. The van der Waals surface area contributed by atoms with Gasteiger partial charge in [-0.2, -0.15) is 0 Å². The Kier molecular flexibility index (Phi) is 6.88. The molecule has 0 radical (unpaired) electrons. The largest absolute Gasteiger partial charge is 0.354 e. The molecule has 138 valence electrons. The number of carbonyl (C=O) groups excluding carboxylic acids is 1. The Bertz CT molecular complexity index is 537. The van der Waals surface area contributed by atoms with Gasteiger partial charge in [0.15, 0.2) is 0 Å². The third-order valence-corrected chi connectivity index (χ3v) is 5.69. The van der Waals surface area contributed by atoms with E-state index in [4.69, 9.17) is 0 Å². The predicted octanol–water partition coefficient (Wildman–Crippen LogP) is 2.37. The van der Waals surface area contributed by atoms with Crippen LogP contribution in [-0.2, 0) is 17.6 Å². The van der Waals surface area contributed by atoms with Crippen molar-refractivity contribution in [2.45, 2.75) is 51.5 Å². The zero-order valence-electron chi connectivity index (χ0n) is 15.6. The number of hydrogen-bond acceptors (Lipinski definition) is 3. The number of rotatable bonds is 7. The summed E-state index contributed by atoms with van der Waals surface area (Å²) in [4.78, 5) is 14.7. The van der Waals surface area contributed by atoms with Crippen LogP contribution in [0, 0.1) is 5.92 Å². The standard InChI is InChI=1S/C21H33N3O/c1-2-17-7-9-18(10-8-17)11-14-24-13-4-5-19(16-24)15-23-21(25)20-6-3-12-22-20/h7-10,19-20,22H,2-6,11-16H2,1H3,(H,23,25). The first-order chi connectivity index (χ1) is 12.2. The molecule has 2 saturated heterocycles. The molecule has 2 heterocycles. The second kappa shape index (κ2) is 9.35. The summed E-state index contributed by atoms with van der Waals surface area (Å²) < 4.78 is 0. The lowest BCUT2D eigenvalue weighted by molar-refractivity contribution is -0.123. The molecule has 4 nitrogen and oxygen atoms in total. The van der Waals surface area contributed by atoms with Gasteiger partial charge in [0.1, 0.15) is 0 Å². The molecule has 4 heteroatoms. The molecule has 2 atom stereocenters. The van der Waals surface area contributed by atoms with Crippen molar-refractivity contribution < 1.29 is 4.79 Å². The van der Waals surface area contributed by atoms with E-state index < -0.39 is 0 Å². The number of nitrogens with zero attached hydrogens (tertiary/aromatic N) is 1. The molecule has 1 aromatic carbocycles. The number of hydrogen-bond donors (Lipinski definition) is 2. The highest BCUT2D eigenvalue weighted by molar-refractivity contribution is 5.81. The second-order valence-electron chi connectivity index (χ2n) is 7.62. The van der Waals surface area contributed by atoms with Gasteiger partial charge in [-0.15, -0.1) is 0 Å². The molecule has 0 aromatic heterocycles. The van der Waals surface area contributed by atoms with Crippen LogP contribution in [0.4, 0.5) is 0 Å². The molecule has 1 amide bonds. The molecule has 25 heavy (non-hydrogen) atoms. The number of nitrogens with one attached hydrogen (secondary N) is 2. The van der Waals surface area contributed by atoms with Crippen LogP contribution in [0.1, 0.15) is 43.7 Å². The van der Waals surface area contributed by atoms with E-state index in [0.717, 1.165) is 51.9 Å². The highest BCUT2D eigenvalue weighted by atomic mass is 16.2. The number of aryl methyl sites for hydroxylation is 1. The second-order valence-corrected chi connectivity index (χ2v) is 7.62. The lowest BCUT2D eigenvalue weighted by Crippen LogP contribution is -2.45. The van der Waals surface area contributed by atoms with Gasteiger partial charge in [0.25, 0.3) is 0 Å². The van der Waals surface area contributed by atoms with Gasteiger partial charge in [-0.1, -0.05) is 31.2 Å². The van der Waals surface area contributed by atoms with Gasteiger partial charge in [0, 0.05) is 19.6 Å². The van der Waals surface area contributed by atoms with Crippen molar-refractivity contribution in [1.82, 2.24) is 15.5 Å². The summed E-state index contributed by atoms with van der Waals surface area (Å²) in [6, 6.07) is 9.09.